The molecule has 248 valence electrons. The number of carbonyl (C=O) groups excluding carboxylic acids is 1. The van der Waals surface area contributed by atoms with Gasteiger partial charge in [-0.05, 0) is 93.8 Å². The molecule has 0 aliphatic carbocycles. The molecule has 0 saturated carbocycles. The number of carbonyl (C=O) groups is 1. The van der Waals surface area contributed by atoms with E-state index >= 15 is 0 Å². The first-order chi connectivity index (χ1) is 22.3. The van der Waals surface area contributed by atoms with Crippen molar-refractivity contribution in [2.45, 2.75) is 56.7 Å². The highest BCUT2D eigenvalue weighted by Gasteiger charge is 2.30. The van der Waals surface area contributed by atoms with E-state index in [2.05, 4.69) is 24.9 Å². The van der Waals surface area contributed by atoms with Crippen LogP contribution in [-0.4, -0.2) is 65.7 Å². The first kappa shape index (κ1) is 33.9. The second-order valence-corrected chi connectivity index (χ2v) is 14.0. The Morgan fingerprint density at radius 3 is 2.40 bits per heavy atom. The maximum Gasteiger partial charge on any atom is 0.326 e. The molecule has 4 aromatic rings. The number of halogens is 1. The van der Waals surface area contributed by atoms with Gasteiger partial charge in [0.1, 0.15) is 11.6 Å². The standard InChI is InChI=1S/C34H39FN6O5S/c1-24-7-9-27(21-36-24)39-33(42)41(29-6-4-5-26(35)19-29)28-15-17-40(18-16-28)22-25-8-14-32(37-20-25)46-30-10-12-31(13-11-30)47(44,45)38-23-34(2,3)43/h4-14,19-21,28,38,43H,15-18,22-23H2,1-3H3,(H,39,42). The van der Waals surface area contributed by atoms with Crippen LogP contribution in [0.2, 0.25) is 0 Å². The van der Waals surface area contributed by atoms with Gasteiger partial charge in [-0.25, -0.2) is 27.3 Å². The third-order valence-corrected chi connectivity index (χ3v) is 9.06. The van der Waals surface area contributed by atoms with Gasteiger partial charge < -0.3 is 15.2 Å². The van der Waals surface area contributed by atoms with E-state index in [1.54, 1.807) is 53.7 Å². The second-order valence-electron chi connectivity index (χ2n) is 12.2. The highest BCUT2D eigenvalue weighted by Crippen LogP contribution is 2.27. The minimum atomic E-state index is -3.77. The van der Waals surface area contributed by atoms with Crippen molar-refractivity contribution in [1.82, 2.24) is 19.6 Å². The number of pyridine rings is 2. The molecule has 2 aromatic carbocycles. The lowest BCUT2D eigenvalue weighted by Gasteiger charge is -2.38. The quantitative estimate of drug-likeness (QED) is 0.192. The number of piperidine rings is 1. The number of aryl methyl sites for hydroxylation is 1. The first-order valence-corrected chi connectivity index (χ1v) is 16.8. The van der Waals surface area contributed by atoms with Gasteiger partial charge in [-0.2, -0.15) is 0 Å². The van der Waals surface area contributed by atoms with Crippen LogP contribution in [0.3, 0.4) is 0 Å². The number of hydrogen-bond acceptors (Lipinski definition) is 8. The summed E-state index contributed by atoms with van der Waals surface area (Å²) < 4.78 is 47.3. The van der Waals surface area contributed by atoms with Crippen LogP contribution in [0, 0.1) is 12.7 Å². The summed E-state index contributed by atoms with van der Waals surface area (Å²) in [5.74, 6) is 0.387. The molecule has 2 aromatic heterocycles. The van der Waals surface area contributed by atoms with Gasteiger partial charge in [-0.15, -0.1) is 0 Å². The Kier molecular flexibility index (Phi) is 10.5. The van der Waals surface area contributed by atoms with Crippen LogP contribution >= 0.6 is 0 Å². The number of rotatable bonds is 11. The number of urea groups is 1. The minimum Gasteiger partial charge on any atom is -0.439 e. The average molecular weight is 663 g/mol. The van der Waals surface area contributed by atoms with Crippen LogP contribution < -0.4 is 19.7 Å². The van der Waals surface area contributed by atoms with Crippen molar-refractivity contribution in [2.75, 3.05) is 29.9 Å². The zero-order valence-electron chi connectivity index (χ0n) is 26.6. The molecular formula is C34H39FN6O5S. The number of ether oxygens (including phenoxy) is 1. The molecule has 0 unspecified atom stereocenters. The molecule has 1 aliphatic heterocycles. The first-order valence-electron chi connectivity index (χ1n) is 15.3. The summed E-state index contributed by atoms with van der Waals surface area (Å²) in [6, 6.07) is 18.9. The molecule has 0 radical (unpaired) electrons. The monoisotopic (exact) mass is 662 g/mol. The fourth-order valence-electron chi connectivity index (χ4n) is 5.17. The smallest absolute Gasteiger partial charge is 0.326 e. The highest BCUT2D eigenvalue weighted by molar-refractivity contribution is 7.89. The second kappa shape index (κ2) is 14.6. The Bertz CT molecular complexity index is 1760. The predicted molar refractivity (Wildman–Crippen MR) is 177 cm³/mol. The highest BCUT2D eigenvalue weighted by atomic mass is 32.2. The molecule has 3 N–H and O–H groups in total. The number of nitrogens with one attached hydrogen (secondary N) is 2. The Morgan fingerprint density at radius 2 is 1.79 bits per heavy atom. The van der Waals surface area contributed by atoms with Crippen LogP contribution in [0.15, 0.2) is 90.1 Å². The van der Waals surface area contributed by atoms with Gasteiger partial charge in [-0.1, -0.05) is 12.1 Å². The maximum absolute atomic E-state index is 14.2. The van der Waals surface area contributed by atoms with E-state index in [0.717, 1.165) is 24.3 Å². The molecule has 3 heterocycles. The summed E-state index contributed by atoms with van der Waals surface area (Å²) in [6.45, 7) is 6.92. The van der Waals surface area contributed by atoms with Crippen molar-refractivity contribution in [3.8, 4) is 11.6 Å². The van der Waals surface area contributed by atoms with E-state index in [9.17, 15) is 22.7 Å². The summed E-state index contributed by atoms with van der Waals surface area (Å²) in [5.41, 5.74) is 1.73. The van der Waals surface area contributed by atoms with Crippen molar-refractivity contribution in [3.05, 3.63) is 102 Å². The molecule has 11 nitrogen and oxygen atoms in total. The molecule has 0 atom stereocenters. The Morgan fingerprint density at radius 1 is 1.04 bits per heavy atom. The average Bonchev–Trinajstić information content (AvgIpc) is 3.03. The lowest BCUT2D eigenvalue weighted by atomic mass is 10.0. The molecule has 2 amide bonds. The van der Waals surface area contributed by atoms with E-state index in [1.165, 1.54) is 38.1 Å². The van der Waals surface area contributed by atoms with Crippen LogP contribution in [0.5, 0.6) is 11.6 Å². The van der Waals surface area contributed by atoms with Crippen LogP contribution in [-0.2, 0) is 16.6 Å². The number of nitrogens with zero attached hydrogens (tertiary/aromatic N) is 4. The number of benzene rings is 2. The number of hydrogen-bond donors (Lipinski definition) is 3. The Labute approximate surface area is 274 Å². The van der Waals surface area contributed by atoms with E-state index in [4.69, 9.17) is 4.74 Å². The van der Waals surface area contributed by atoms with Crippen LogP contribution in [0.4, 0.5) is 20.6 Å². The molecule has 0 bridgehead atoms. The fourth-order valence-corrected chi connectivity index (χ4v) is 6.37. The molecule has 47 heavy (non-hydrogen) atoms. The lowest BCUT2D eigenvalue weighted by Crippen LogP contribution is -2.49. The summed E-state index contributed by atoms with van der Waals surface area (Å²) in [5, 5.41) is 12.7. The number of aliphatic hydroxyl groups is 1. The van der Waals surface area contributed by atoms with Crippen LogP contribution in [0.25, 0.3) is 0 Å². The summed E-state index contributed by atoms with van der Waals surface area (Å²) in [6.07, 6.45) is 4.74. The topological polar surface area (TPSA) is 137 Å². The van der Waals surface area contributed by atoms with Gasteiger partial charge in [0.15, 0.2) is 0 Å². The minimum absolute atomic E-state index is 0.0597. The van der Waals surface area contributed by atoms with Crippen LogP contribution in [0.1, 0.15) is 37.9 Å². The molecule has 13 heteroatoms. The molecule has 1 saturated heterocycles. The normalized spacial score (nSPS) is 14.5. The predicted octanol–water partition coefficient (Wildman–Crippen LogP) is 5.47. The molecule has 1 aliphatic rings. The summed E-state index contributed by atoms with van der Waals surface area (Å²) in [4.78, 5) is 26.1. The third-order valence-electron chi connectivity index (χ3n) is 7.65. The Balaban J connectivity index is 1.16. The summed E-state index contributed by atoms with van der Waals surface area (Å²) >= 11 is 0. The van der Waals surface area contributed by atoms with Crippen molar-refractivity contribution >= 4 is 27.4 Å². The summed E-state index contributed by atoms with van der Waals surface area (Å²) in [7, 11) is -3.77. The van der Waals surface area contributed by atoms with Gasteiger partial charge >= 0.3 is 6.03 Å². The van der Waals surface area contributed by atoms with Gasteiger partial charge in [0.05, 0.1) is 22.4 Å². The van der Waals surface area contributed by atoms with E-state index in [1.807, 2.05) is 19.1 Å². The zero-order chi connectivity index (χ0) is 33.6. The largest absolute Gasteiger partial charge is 0.439 e. The molecule has 1 fully saturated rings. The van der Waals surface area contributed by atoms with Crippen molar-refractivity contribution in [3.63, 3.8) is 0 Å². The molecule has 0 spiro atoms. The third kappa shape index (κ3) is 9.55. The van der Waals surface area contributed by atoms with Crippen molar-refractivity contribution < 1.29 is 27.4 Å². The maximum atomic E-state index is 14.2. The van der Waals surface area contributed by atoms with Gasteiger partial charge in [0.25, 0.3) is 0 Å². The van der Waals surface area contributed by atoms with Gasteiger partial charge in [0, 0.05) is 55.9 Å². The number of amides is 2. The van der Waals surface area contributed by atoms with E-state index in [0.29, 0.717) is 42.4 Å². The molecular weight excluding hydrogens is 623 g/mol. The number of sulfonamides is 1. The number of anilines is 2. The SMILES string of the molecule is Cc1ccc(NC(=O)N(c2cccc(F)c2)C2CCN(Cc3ccc(Oc4ccc(S(=O)(=O)NCC(C)(C)O)cc4)nc3)CC2)cn1. The lowest BCUT2D eigenvalue weighted by molar-refractivity contribution is 0.0857. The van der Waals surface area contributed by atoms with Crippen molar-refractivity contribution in [2.24, 2.45) is 0 Å². The Hall–Kier alpha value is -4.43. The van der Waals surface area contributed by atoms with E-state index < -0.39 is 21.4 Å². The zero-order valence-corrected chi connectivity index (χ0v) is 27.4. The van der Waals surface area contributed by atoms with Crippen molar-refractivity contribution in [1.29, 1.82) is 0 Å². The van der Waals surface area contributed by atoms with Gasteiger partial charge in [0.2, 0.25) is 15.9 Å². The number of aromatic nitrogens is 2. The van der Waals surface area contributed by atoms with Gasteiger partial charge in [-0.3, -0.25) is 14.8 Å². The number of likely N-dealkylation sites (tertiary alicyclic amines) is 1. The fraction of sp³-hybridized carbons (Fsp3) is 0.324. The van der Waals surface area contributed by atoms with E-state index in [-0.39, 0.29) is 23.5 Å². The molecule has 5 rings (SSSR count).